The molecule has 2 aromatic carbocycles. The fraction of sp³-hybridized carbons (Fsp3) is 0.261. The third kappa shape index (κ3) is 4.71. The molecule has 0 aliphatic carbocycles. The van der Waals surface area contributed by atoms with Crippen molar-refractivity contribution >= 4 is 27.3 Å². The number of hydrogen-bond donors (Lipinski definition) is 1. The van der Waals surface area contributed by atoms with Crippen LogP contribution in [0.2, 0.25) is 0 Å². The van der Waals surface area contributed by atoms with Crippen LogP contribution in [0.1, 0.15) is 29.3 Å². The van der Waals surface area contributed by atoms with Crippen molar-refractivity contribution in [2.45, 2.75) is 23.8 Å². The number of halogens is 1. The number of carbonyl (C=O) groups excluding carboxylic acids is 1. The Morgan fingerprint density at radius 1 is 1.00 bits per heavy atom. The lowest BCUT2D eigenvalue weighted by atomic mass is 9.96. The van der Waals surface area contributed by atoms with Gasteiger partial charge in [0.1, 0.15) is 10.7 Å². The fourth-order valence-corrected chi connectivity index (χ4v) is 6.17. The first-order valence-corrected chi connectivity index (χ1v) is 12.4. The van der Waals surface area contributed by atoms with E-state index in [1.54, 1.807) is 11.3 Å². The highest BCUT2D eigenvalue weighted by molar-refractivity contribution is 7.89. The molecule has 0 saturated carbocycles. The number of benzene rings is 2. The van der Waals surface area contributed by atoms with Crippen molar-refractivity contribution in [1.82, 2.24) is 9.62 Å². The second-order valence-corrected chi connectivity index (χ2v) is 10.4. The van der Waals surface area contributed by atoms with Crippen LogP contribution in [-0.4, -0.2) is 31.7 Å². The molecule has 1 aromatic heterocycles. The van der Waals surface area contributed by atoms with Gasteiger partial charge in [0.25, 0.3) is 0 Å². The summed E-state index contributed by atoms with van der Waals surface area (Å²) in [6.07, 6.45) is 0.789. The van der Waals surface area contributed by atoms with Gasteiger partial charge in [-0.15, -0.1) is 11.3 Å². The number of rotatable bonds is 6. The molecular weight excluding hydrogens is 435 g/mol. The quantitative estimate of drug-likeness (QED) is 0.602. The van der Waals surface area contributed by atoms with Gasteiger partial charge in [-0.25, -0.2) is 12.8 Å². The molecule has 5 nitrogen and oxygen atoms in total. The van der Waals surface area contributed by atoms with Gasteiger partial charge in [-0.3, -0.25) is 4.79 Å². The van der Waals surface area contributed by atoms with E-state index in [4.69, 9.17) is 0 Å². The van der Waals surface area contributed by atoms with Crippen molar-refractivity contribution in [3.05, 3.63) is 88.4 Å². The van der Waals surface area contributed by atoms with Crippen molar-refractivity contribution in [2.24, 2.45) is 5.92 Å². The molecule has 8 heteroatoms. The normalized spacial score (nSPS) is 16.7. The fourth-order valence-electron chi connectivity index (χ4n) is 3.83. The average Bonchev–Trinajstić information content (AvgIpc) is 3.33. The lowest BCUT2D eigenvalue weighted by Gasteiger charge is -2.31. The zero-order chi connectivity index (χ0) is 21.8. The number of thiophene rings is 1. The van der Waals surface area contributed by atoms with Crippen LogP contribution in [0.15, 0.2) is 77.0 Å². The van der Waals surface area contributed by atoms with E-state index in [-0.39, 0.29) is 35.9 Å². The topological polar surface area (TPSA) is 66.5 Å². The second-order valence-electron chi connectivity index (χ2n) is 7.48. The first-order chi connectivity index (χ1) is 15.0. The minimum absolute atomic E-state index is 0.0924. The Hall–Kier alpha value is -2.55. The Labute approximate surface area is 185 Å². The molecule has 0 unspecified atom stereocenters. The highest BCUT2D eigenvalue weighted by atomic mass is 32.2. The van der Waals surface area contributed by atoms with Gasteiger partial charge in [0.15, 0.2) is 0 Å². The zero-order valence-electron chi connectivity index (χ0n) is 16.8. The second kappa shape index (κ2) is 9.30. The lowest BCUT2D eigenvalue weighted by molar-refractivity contribution is -0.126. The van der Waals surface area contributed by atoms with Crippen molar-refractivity contribution < 1.29 is 17.6 Å². The van der Waals surface area contributed by atoms with Crippen LogP contribution in [0.3, 0.4) is 0 Å². The van der Waals surface area contributed by atoms with E-state index in [0.29, 0.717) is 12.8 Å². The van der Waals surface area contributed by atoms with Crippen molar-refractivity contribution in [3.63, 3.8) is 0 Å². The van der Waals surface area contributed by atoms with Crippen LogP contribution in [0.4, 0.5) is 4.39 Å². The largest absolute Gasteiger partial charge is 0.344 e. The summed E-state index contributed by atoms with van der Waals surface area (Å²) < 4.78 is 40.9. The molecule has 31 heavy (non-hydrogen) atoms. The van der Waals surface area contributed by atoms with Gasteiger partial charge in [-0.2, -0.15) is 4.31 Å². The number of nitrogens with one attached hydrogen (secondary N) is 1. The maximum atomic E-state index is 14.0. The Kier molecular flexibility index (Phi) is 6.50. The van der Waals surface area contributed by atoms with E-state index in [1.165, 1.54) is 22.5 Å². The lowest BCUT2D eigenvalue weighted by Crippen LogP contribution is -2.43. The van der Waals surface area contributed by atoms with Gasteiger partial charge in [0.2, 0.25) is 15.9 Å². The molecule has 1 fully saturated rings. The Morgan fingerprint density at radius 3 is 2.32 bits per heavy atom. The predicted molar refractivity (Wildman–Crippen MR) is 119 cm³/mol. The first kappa shape index (κ1) is 21.7. The van der Waals surface area contributed by atoms with Gasteiger partial charge in [-0.05, 0) is 42.0 Å². The monoisotopic (exact) mass is 458 g/mol. The van der Waals surface area contributed by atoms with Crippen LogP contribution >= 0.6 is 11.3 Å². The predicted octanol–water partition coefficient (Wildman–Crippen LogP) is 4.19. The molecular formula is C23H23FN2O3S2. The van der Waals surface area contributed by atoms with E-state index in [2.05, 4.69) is 5.32 Å². The molecule has 1 N–H and O–H groups in total. The maximum absolute atomic E-state index is 14.0. The minimum atomic E-state index is -3.92. The third-order valence-electron chi connectivity index (χ3n) is 5.53. The molecule has 1 saturated heterocycles. The molecule has 0 bridgehead atoms. The molecule has 0 radical (unpaired) electrons. The maximum Gasteiger partial charge on any atom is 0.245 e. The third-order valence-corrected chi connectivity index (χ3v) is 8.40. The number of sulfonamides is 1. The minimum Gasteiger partial charge on any atom is -0.344 e. The number of carbonyl (C=O) groups is 1. The number of piperidine rings is 1. The van der Waals surface area contributed by atoms with Crippen LogP contribution in [0, 0.1) is 11.7 Å². The van der Waals surface area contributed by atoms with Gasteiger partial charge in [-0.1, -0.05) is 48.5 Å². The summed E-state index contributed by atoms with van der Waals surface area (Å²) in [5.74, 6) is -1.15. The highest BCUT2D eigenvalue weighted by Crippen LogP contribution is 2.29. The molecule has 3 aromatic rings. The molecule has 1 aliphatic heterocycles. The van der Waals surface area contributed by atoms with E-state index >= 15 is 0 Å². The summed E-state index contributed by atoms with van der Waals surface area (Å²) in [5.41, 5.74) is 0.998. The first-order valence-electron chi connectivity index (χ1n) is 10.1. The molecule has 162 valence electrons. The summed E-state index contributed by atoms with van der Waals surface area (Å²) in [6.45, 7) is 0.369. The van der Waals surface area contributed by atoms with Crippen LogP contribution in [0.5, 0.6) is 0 Å². The molecule has 1 amide bonds. The number of nitrogens with zero attached hydrogens (tertiary/aromatic N) is 1. The average molecular weight is 459 g/mol. The van der Waals surface area contributed by atoms with Gasteiger partial charge in [0, 0.05) is 23.9 Å². The number of amides is 1. The molecule has 2 heterocycles. The standard InChI is InChI=1S/C23H23FN2O3S2/c24-19-9-4-5-11-21(19)31(28,29)26-14-12-18(13-15-26)23(27)25-22(20-10-6-16-30-20)17-7-2-1-3-8-17/h1-11,16,18,22H,12-15H2,(H,25,27)/t22-/m1/s1. The van der Waals surface area contributed by atoms with Crippen molar-refractivity contribution in [2.75, 3.05) is 13.1 Å². The van der Waals surface area contributed by atoms with Gasteiger partial charge in [0.05, 0.1) is 6.04 Å². The summed E-state index contributed by atoms with van der Waals surface area (Å²) in [6, 6.07) is 18.9. The highest BCUT2D eigenvalue weighted by Gasteiger charge is 2.34. The molecule has 1 aliphatic rings. The van der Waals surface area contributed by atoms with Crippen LogP contribution < -0.4 is 5.32 Å². The Balaban J connectivity index is 1.44. The summed E-state index contributed by atoms with van der Waals surface area (Å²) in [5, 5.41) is 5.12. The van der Waals surface area contributed by atoms with Gasteiger partial charge >= 0.3 is 0 Å². The Morgan fingerprint density at radius 2 is 1.68 bits per heavy atom. The van der Waals surface area contributed by atoms with Crippen molar-refractivity contribution in [1.29, 1.82) is 0 Å². The van der Waals surface area contributed by atoms with E-state index in [9.17, 15) is 17.6 Å². The summed E-state index contributed by atoms with van der Waals surface area (Å²) in [7, 11) is -3.92. The zero-order valence-corrected chi connectivity index (χ0v) is 18.4. The SMILES string of the molecule is O=C(N[C@H](c1ccccc1)c1cccs1)C1CCN(S(=O)(=O)c2ccccc2F)CC1. The summed E-state index contributed by atoms with van der Waals surface area (Å²) >= 11 is 1.58. The summed E-state index contributed by atoms with van der Waals surface area (Å²) in [4.78, 5) is 13.7. The number of hydrogen-bond acceptors (Lipinski definition) is 4. The molecule has 1 atom stereocenters. The van der Waals surface area contributed by atoms with Crippen molar-refractivity contribution in [3.8, 4) is 0 Å². The molecule has 0 spiro atoms. The van der Waals surface area contributed by atoms with E-state index < -0.39 is 15.8 Å². The van der Waals surface area contributed by atoms with Crippen LogP contribution in [-0.2, 0) is 14.8 Å². The Bertz CT molecular complexity index is 1130. The smallest absolute Gasteiger partial charge is 0.245 e. The molecule has 4 rings (SSSR count). The van der Waals surface area contributed by atoms with E-state index in [0.717, 1.165) is 16.5 Å². The van der Waals surface area contributed by atoms with Crippen LogP contribution in [0.25, 0.3) is 0 Å². The van der Waals surface area contributed by atoms with E-state index in [1.807, 2.05) is 47.8 Å². The van der Waals surface area contributed by atoms with Gasteiger partial charge < -0.3 is 5.32 Å².